The summed E-state index contributed by atoms with van der Waals surface area (Å²) in [6.07, 6.45) is 4.78. The normalized spacial score (nSPS) is 26.4. The molecule has 0 aromatic carbocycles. The summed E-state index contributed by atoms with van der Waals surface area (Å²) in [5, 5.41) is 3.10. The molecule has 0 aromatic rings. The molecule has 3 N–H and O–H groups in total. The molecule has 0 heterocycles. The Bertz CT molecular complexity index is 314. The van der Waals surface area contributed by atoms with Gasteiger partial charge < -0.3 is 11.1 Å². The molecular weight excluding hydrogens is 236 g/mol. The summed E-state index contributed by atoms with van der Waals surface area (Å²) in [5.41, 5.74) is 5.74. The molecule has 0 spiro atoms. The topological polar surface area (TPSA) is 72.2 Å². The first-order chi connectivity index (χ1) is 7.97. The summed E-state index contributed by atoms with van der Waals surface area (Å²) in [7, 11) is -2.92. The van der Waals surface area contributed by atoms with E-state index in [1.807, 2.05) is 0 Å². The Balaban J connectivity index is 2.35. The Hall–Kier alpha value is -0.130. The van der Waals surface area contributed by atoms with Crippen molar-refractivity contribution >= 4 is 9.84 Å². The lowest BCUT2D eigenvalue weighted by Crippen LogP contribution is -2.43. The third-order valence-electron chi connectivity index (χ3n) is 3.72. The maximum Gasteiger partial charge on any atom is 0.153 e. The van der Waals surface area contributed by atoms with Gasteiger partial charge >= 0.3 is 0 Å². The Labute approximate surface area is 105 Å². The number of nitrogens with two attached hydrogens (primary N) is 1. The van der Waals surface area contributed by atoms with Crippen molar-refractivity contribution in [2.75, 3.05) is 18.8 Å². The first-order valence-corrected chi connectivity index (χ1v) is 8.34. The largest absolute Gasteiger partial charge is 0.330 e. The van der Waals surface area contributed by atoms with E-state index in [4.69, 9.17) is 5.73 Å². The first kappa shape index (κ1) is 14.9. The fourth-order valence-corrected chi connectivity index (χ4v) is 3.25. The van der Waals surface area contributed by atoms with Crippen LogP contribution < -0.4 is 11.1 Å². The van der Waals surface area contributed by atoms with Crippen molar-refractivity contribution in [3.8, 4) is 0 Å². The predicted octanol–water partition coefficient (Wildman–Crippen LogP) is 0.917. The number of sulfone groups is 1. The molecule has 0 bridgehead atoms. The van der Waals surface area contributed by atoms with Crippen LogP contribution in [0.5, 0.6) is 0 Å². The monoisotopic (exact) mass is 262 g/mol. The van der Waals surface area contributed by atoms with Crippen LogP contribution in [0.15, 0.2) is 0 Å². The third kappa shape index (κ3) is 4.56. The van der Waals surface area contributed by atoms with Crippen LogP contribution in [0.3, 0.4) is 0 Å². The van der Waals surface area contributed by atoms with Crippen molar-refractivity contribution in [3.63, 3.8) is 0 Å². The van der Waals surface area contributed by atoms with E-state index in [1.165, 1.54) is 19.3 Å². The molecule has 0 radical (unpaired) electrons. The molecule has 0 amide bonds. The van der Waals surface area contributed by atoms with Gasteiger partial charge in [-0.3, -0.25) is 0 Å². The second kappa shape index (κ2) is 6.71. The van der Waals surface area contributed by atoms with E-state index < -0.39 is 9.84 Å². The number of hydrogen-bond acceptors (Lipinski definition) is 4. The van der Waals surface area contributed by atoms with E-state index in [2.05, 4.69) is 5.32 Å². The molecule has 5 heteroatoms. The van der Waals surface area contributed by atoms with E-state index in [1.54, 1.807) is 13.8 Å². The average molecular weight is 262 g/mol. The smallest absolute Gasteiger partial charge is 0.153 e. The summed E-state index contributed by atoms with van der Waals surface area (Å²) in [6.45, 7) is 4.73. The average Bonchev–Trinajstić information content (AvgIpc) is 2.29. The molecule has 1 fully saturated rings. The van der Waals surface area contributed by atoms with Gasteiger partial charge in [-0.25, -0.2) is 8.42 Å². The van der Waals surface area contributed by atoms with Gasteiger partial charge in [-0.05, 0) is 39.2 Å². The van der Waals surface area contributed by atoms with Gasteiger partial charge in [-0.1, -0.05) is 12.8 Å². The summed E-state index contributed by atoms with van der Waals surface area (Å²) in [4.78, 5) is 0. The van der Waals surface area contributed by atoms with Gasteiger partial charge in [0.2, 0.25) is 0 Å². The minimum Gasteiger partial charge on any atom is -0.330 e. The van der Waals surface area contributed by atoms with Crippen LogP contribution in [0.4, 0.5) is 0 Å². The number of hydrogen-bond donors (Lipinski definition) is 2. The van der Waals surface area contributed by atoms with Gasteiger partial charge in [0.1, 0.15) is 0 Å². The Morgan fingerprint density at radius 3 is 2.53 bits per heavy atom. The predicted molar refractivity (Wildman–Crippen MR) is 71.7 cm³/mol. The summed E-state index contributed by atoms with van der Waals surface area (Å²) < 4.78 is 23.3. The number of rotatable bonds is 6. The second-order valence-corrected chi connectivity index (χ2v) is 7.93. The molecule has 1 aliphatic carbocycles. The lowest BCUT2D eigenvalue weighted by molar-refractivity contribution is 0.272. The van der Waals surface area contributed by atoms with Gasteiger partial charge in [0, 0.05) is 12.6 Å². The Morgan fingerprint density at radius 2 is 1.94 bits per heavy atom. The highest BCUT2D eigenvalue weighted by Gasteiger charge is 2.24. The molecule has 2 atom stereocenters. The van der Waals surface area contributed by atoms with Gasteiger partial charge in [-0.2, -0.15) is 0 Å². The summed E-state index contributed by atoms with van der Waals surface area (Å²) in [5.74, 6) is 0.754. The van der Waals surface area contributed by atoms with Crippen molar-refractivity contribution in [2.45, 2.75) is 50.8 Å². The SMILES string of the molecule is CC(C)S(=O)(=O)CCNC1CCCCC1CN. The van der Waals surface area contributed by atoms with Crippen LogP contribution in [0.25, 0.3) is 0 Å². The van der Waals surface area contributed by atoms with Gasteiger partial charge in [0.05, 0.1) is 11.0 Å². The minimum atomic E-state index is -2.92. The van der Waals surface area contributed by atoms with Crippen molar-refractivity contribution in [1.82, 2.24) is 5.32 Å². The highest BCUT2D eigenvalue weighted by molar-refractivity contribution is 7.92. The van der Waals surface area contributed by atoms with E-state index in [0.29, 0.717) is 25.0 Å². The zero-order valence-electron chi connectivity index (χ0n) is 11.0. The highest BCUT2D eigenvalue weighted by atomic mass is 32.2. The van der Waals surface area contributed by atoms with Gasteiger partial charge in [-0.15, -0.1) is 0 Å². The zero-order valence-corrected chi connectivity index (χ0v) is 11.8. The Morgan fingerprint density at radius 1 is 1.29 bits per heavy atom. The van der Waals surface area contributed by atoms with Crippen molar-refractivity contribution in [2.24, 2.45) is 11.7 Å². The minimum absolute atomic E-state index is 0.235. The first-order valence-electron chi connectivity index (χ1n) is 6.62. The lowest BCUT2D eigenvalue weighted by Gasteiger charge is -2.31. The summed E-state index contributed by atoms with van der Waals surface area (Å²) in [6, 6.07) is 0.413. The van der Waals surface area contributed by atoms with Crippen molar-refractivity contribution < 1.29 is 8.42 Å². The zero-order chi connectivity index (χ0) is 12.9. The third-order valence-corrected chi connectivity index (χ3v) is 5.93. The molecule has 1 aliphatic rings. The van der Waals surface area contributed by atoms with Crippen LogP contribution in [-0.2, 0) is 9.84 Å². The quantitative estimate of drug-likeness (QED) is 0.746. The molecule has 0 aliphatic heterocycles. The molecule has 102 valence electrons. The summed E-state index contributed by atoms with van der Waals surface area (Å²) >= 11 is 0. The standard InChI is InChI=1S/C12H26N2O2S/c1-10(2)17(15,16)8-7-14-12-6-4-3-5-11(12)9-13/h10-12,14H,3-9,13H2,1-2H3. The molecule has 2 unspecified atom stereocenters. The van der Waals surface area contributed by atoms with Crippen molar-refractivity contribution in [3.05, 3.63) is 0 Å². The molecule has 1 saturated carbocycles. The van der Waals surface area contributed by atoms with Crippen LogP contribution in [0, 0.1) is 5.92 Å². The van der Waals surface area contributed by atoms with E-state index >= 15 is 0 Å². The molecule has 17 heavy (non-hydrogen) atoms. The van der Waals surface area contributed by atoms with E-state index in [-0.39, 0.29) is 11.0 Å². The fraction of sp³-hybridized carbons (Fsp3) is 1.00. The molecule has 4 nitrogen and oxygen atoms in total. The van der Waals surface area contributed by atoms with E-state index in [9.17, 15) is 8.42 Å². The maximum atomic E-state index is 11.7. The molecule has 1 rings (SSSR count). The van der Waals surface area contributed by atoms with Crippen LogP contribution in [-0.4, -0.2) is 38.6 Å². The van der Waals surface area contributed by atoms with Crippen molar-refractivity contribution in [1.29, 1.82) is 0 Å². The lowest BCUT2D eigenvalue weighted by atomic mass is 9.84. The molecule has 0 saturated heterocycles. The second-order valence-electron chi connectivity index (χ2n) is 5.26. The number of nitrogens with one attached hydrogen (secondary N) is 1. The van der Waals surface area contributed by atoms with E-state index in [0.717, 1.165) is 6.42 Å². The van der Waals surface area contributed by atoms with Crippen LogP contribution in [0.2, 0.25) is 0 Å². The van der Waals surface area contributed by atoms with Crippen LogP contribution >= 0.6 is 0 Å². The fourth-order valence-electron chi connectivity index (χ4n) is 2.38. The maximum absolute atomic E-state index is 11.7. The highest BCUT2D eigenvalue weighted by Crippen LogP contribution is 2.23. The molecular formula is C12H26N2O2S. The van der Waals surface area contributed by atoms with Gasteiger partial charge in [0.15, 0.2) is 9.84 Å². The Kier molecular flexibility index (Phi) is 5.89. The van der Waals surface area contributed by atoms with Gasteiger partial charge in [0.25, 0.3) is 0 Å². The molecule has 0 aromatic heterocycles. The van der Waals surface area contributed by atoms with Crippen LogP contribution in [0.1, 0.15) is 39.5 Å².